The third kappa shape index (κ3) is 6.06. The molecule has 0 bridgehead atoms. The molecule has 3 rings (SSSR count). The summed E-state index contributed by atoms with van der Waals surface area (Å²) in [6.45, 7) is 3.52. The summed E-state index contributed by atoms with van der Waals surface area (Å²) in [5, 5.41) is 15.0. The lowest BCUT2D eigenvalue weighted by molar-refractivity contribution is 0.625. The van der Waals surface area contributed by atoms with Gasteiger partial charge in [0.15, 0.2) is 11.8 Å². The van der Waals surface area contributed by atoms with Crippen molar-refractivity contribution in [1.82, 2.24) is 25.4 Å². The van der Waals surface area contributed by atoms with Crippen molar-refractivity contribution >= 4 is 17.7 Å². The number of halogens is 1. The topological polar surface area (TPSA) is 67.1 Å². The molecule has 0 radical (unpaired) electrons. The van der Waals surface area contributed by atoms with Gasteiger partial charge >= 0.3 is 0 Å². The molecule has 0 aliphatic rings. The number of nitrogens with one attached hydrogen (secondary N) is 2. The van der Waals surface area contributed by atoms with E-state index in [0.717, 1.165) is 34.1 Å². The van der Waals surface area contributed by atoms with Crippen molar-refractivity contribution in [3.05, 3.63) is 82.7 Å². The Balaban J connectivity index is 1.72. The summed E-state index contributed by atoms with van der Waals surface area (Å²) in [5.41, 5.74) is 3.16. The van der Waals surface area contributed by atoms with Gasteiger partial charge < -0.3 is 15.2 Å². The zero-order chi connectivity index (χ0) is 21.3. The number of nitrogens with zero attached hydrogens (tertiary/aromatic N) is 4. The molecule has 0 aliphatic heterocycles. The lowest BCUT2D eigenvalue weighted by atomic mass is 10.1. The summed E-state index contributed by atoms with van der Waals surface area (Å²) in [7, 11) is 1.94. The number of rotatable bonds is 8. The van der Waals surface area contributed by atoms with Crippen LogP contribution in [-0.4, -0.2) is 27.0 Å². The van der Waals surface area contributed by atoms with Crippen LogP contribution in [-0.2, 0) is 32.4 Å². The molecular formula is C22H27FN6S. The van der Waals surface area contributed by atoms with Crippen LogP contribution in [0.25, 0.3) is 0 Å². The summed E-state index contributed by atoms with van der Waals surface area (Å²) >= 11 is 1.67. The van der Waals surface area contributed by atoms with Crippen LogP contribution in [0.15, 0.2) is 53.5 Å². The molecule has 0 amide bonds. The predicted molar refractivity (Wildman–Crippen MR) is 121 cm³/mol. The van der Waals surface area contributed by atoms with Crippen LogP contribution in [0.5, 0.6) is 0 Å². The summed E-state index contributed by atoms with van der Waals surface area (Å²) in [5.74, 6) is 2.90. The van der Waals surface area contributed by atoms with Crippen LogP contribution in [0.4, 0.5) is 4.39 Å². The highest BCUT2D eigenvalue weighted by Crippen LogP contribution is 2.16. The molecule has 1 heterocycles. The second-order valence-corrected chi connectivity index (χ2v) is 7.79. The summed E-state index contributed by atoms with van der Waals surface area (Å²) in [6, 6.07) is 15.0. The number of aliphatic imine (C=N–C) groups is 1. The SMILES string of the molecule is CSCc1cc(F)ccc1CNC(=NCc1ccccc1)NCc1nnc(C)n1C. The van der Waals surface area contributed by atoms with Crippen molar-refractivity contribution in [2.24, 2.45) is 12.0 Å². The van der Waals surface area contributed by atoms with E-state index in [1.54, 1.807) is 17.8 Å². The van der Waals surface area contributed by atoms with Gasteiger partial charge in [0.25, 0.3) is 0 Å². The van der Waals surface area contributed by atoms with E-state index < -0.39 is 0 Å². The van der Waals surface area contributed by atoms with Gasteiger partial charge in [0.05, 0.1) is 13.1 Å². The maximum atomic E-state index is 13.6. The monoisotopic (exact) mass is 426 g/mol. The largest absolute Gasteiger partial charge is 0.352 e. The quantitative estimate of drug-likeness (QED) is 0.426. The Morgan fingerprint density at radius 2 is 1.83 bits per heavy atom. The van der Waals surface area contributed by atoms with Gasteiger partial charge in [0.1, 0.15) is 11.6 Å². The maximum absolute atomic E-state index is 13.6. The molecule has 30 heavy (non-hydrogen) atoms. The molecule has 2 N–H and O–H groups in total. The molecule has 0 atom stereocenters. The van der Waals surface area contributed by atoms with E-state index in [9.17, 15) is 4.39 Å². The molecule has 0 aliphatic carbocycles. The maximum Gasteiger partial charge on any atom is 0.192 e. The first kappa shape index (κ1) is 21.8. The van der Waals surface area contributed by atoms with Crippen LogP contribution in [0, 0.1) is 12.7 Å². The molecule has 8 heteroatoms. The van der Waals surface area contributed by atoms with E-state index in [0.29, 0.717) is 25.6 Å². The van der Waals surface area contributed by atoms with Gasteiger partial charge in [-0.1, -0.05) is 36.4 Å². The zero-order valence-electron chi connectivity index (χ0n) is 17.5. The summed E-state index contributed by atoms with van der Waals surface area (Å²) in [4.78, 5) is 4.71. The van der Waals surface area contributed by atoms with E-state index in [4.69, 9.17) is 4.99 Å². The molecule has 0 saturated heterocycles. The number of thioether (sulfide) groups is 1. The van der Waals surface area contributed by atoms with Crippen molar-refractivity contribution < 1.29 is 4.39 Å². The Morgan fingerprint density at radius 3 is 2.53 bits per heavy atom. The molecule has 0 fully saturated rings. The van der Waals surface area contributed by atoms with Gasteiger partial charge in [-0.15, -0.1) is 10.2 Å². The highest BCUT2D eigenvalue weighted by molar-refractivity contribution is 7.97. The number of guanidine groups is 1. The van der Waals surface area contributed by atoms with Crippen molar-refractivity contribution in [2.75, 3.05) is 6.26 Å². The highest BCUT2D eigenvalue weighted by atomic mass is 32.2. The summed E-state index contributed by atoms with van der Waals surface area (Å²) in [6.07, 6.45) is 2.01. The number of aryl methyl sites for hydroxylation is 1. The minimum absolute atomic E-state index is 0.212. The predicted octanol–water partition coefficient (Wildman–Crippen LogP) is 3.56. The summed E-state index contributed by atoms with van der Waals surface area (Å²) < 4.78 is 15.6. The average Bonchev–Trinajstić information content (AvgIpc) is 3.07. The Bertz CT molecular complexity index is 987. The first-order valence-electron chi connectivity index (χ1n) is 9.74. The van der Waals surface area contributed by atoms with E-state index in [2.05, 4.69) is 20.8 Å². The fraction of sp³-hybridized carbons (Fsp3) is 0.318. The van der Waals surface area contributed by atoms with Gasteiger partial charge in [0, 0.05) is 19.3 Å². The minimum Gasteiger partial charge on any atom is -0.352 e. The molecule has 6 nitrogen and oxygen atoms in total. The average molecular weight is 427 g/mol. The van der Waals surface area contributed by atoms with Gasteiger partial charge in [-0.2, -0.15) is 11.8 Å². The van der Waals surface area contributed by atoms with Crippen molar-refractivity contribution in [2.45, 2.75) is 32.3 Å². The van der Waals surface area contributed by atoms with Crippen LogP contribution < -0.4 is 10.6 Å². The highest BCUT2D eigenvalue weighted by Gasteiger charge is 2.08. The Morgan fingerprint density at radius 1 is 1.07 bits per heavy atom. The van der Waals surface area contributed by atoms with Crippen molar-refractivity contribution in [1.29, 1.82) is 0 Å². The van der Waals surface area contributed by atoms with Gasteiger partial charge in [-0.25, -0.2) is 9.38 Å². The van der Waals surface area contributed by atoms with Crippen LogP contribution in [0.1, 0.15) is 28.3 Å². The number of benzene rings is 2. The molecule has 0 spiro atoms. The van der Waals surface area contributed by atoms with Crippen LogP contribution >= 0.6 is 11.8 Å². The fourth-order valence-corrected chi connectivity index (χ4v) is 3.51. The van der Waals surface area contributed by atoms with Crippen molar-refractivity contribution in [3.8, 4) is 0 Å². The first-order chi connectivity index (χ1) is 14.6. The minimum atomic E-state index is -0.212. The number of aromatic nitrogens is 3. The number of hydrogen-bond donors (Lipinski definition) is 2. The Labute approximate surface area is 181 Å². The Kier molecular flexibility index (Phi) is 7.84. The molecule has 2 aromatic carbocycles. The number of hydrogen-bond acceptors (Lipinski definition) is 4. The van der Waals surface area contributed by atoms with Crippen molar-refractivity contribution in [3.63, 3.8) is 0 Å². The molecule has 158 valence electrons. The molecule has 0 saturated carbocycles. The van der Waals surface area contributed by atoms with E-state index in [1.807, 2.05) is 61.2 Å². The lowest BCUT2D eigenvalue weighted by Crippen LogP contribution is -2.37. The lowest BCUT2D eigenvalue weighted by Gasteiger charge is -2.15. The fourth-order valence-electron chi connectivity index (χ4n) is 2.93. The molecule has 3 aromatic rings. The van der Waals surface area contributed by atoms with Gasteiger partial charge in [-0.3, -0.25) is 0 Å². The van der Waals surface area contributed by atoms with E-state index in [1.165, 1.54) is 6.07 Å². The van der Waals surface area contributed by atoms with Crippen LogP contribution in [0.2, 0.25) is 0 Å². The van der Waals surface area contributed by atoms with E-state index in [-0.39, 0.29) is 5.82 Å². The van der Waals surface area contributed by atoms with Gasteiger partial charge in [-0.05, 0) is 42.0 Å². The first-order valence-corrected chi connectivity index (χ1v) is 11.1. The normalized spacial score (nSPS) is 11.5. The smallest absolute Gasteiger partial charge is 0.192 e. The molecular weight excluding hydrogens is 399 g/mol. The van der Waals surface area contributed by atoms with Crippen LogP contribution in [0.3, 0.4) is 0 Å². The standard InChI is InChI=1S/C22H27FN6S/c1-16-27-28-21(29(16)2)14-26-22(24-12-17-7-5-4-6-8-17)25-13-18-9-10-20(23)11-19(18)15-30-3/h4-11H,12-15H2,1-3H3,(H2,24,25,26). The zero-order valence-corrected chi connectivity index (χ0v) is 18.3. The second kappa shape index (κ2) is 10.8. The second-order valence-electron chi connectivity index (χ2n) is 6.93. The molecule has 0 unspecified atom stereocenters. The molecule has 1 aromatic heterocycles. The van der Waals surface area contributed by atoms with Gasteiger partial charge in [0.2, 0.25) is 0 Å². The third-order valence-corrected chi connectivity index (χ3v) is 5.37. The van der Waals surface area contributed by atoms with E-state index >= 15 is 0 Å². The third-order valence-electron chi connectivity index (χ3n) is 4.77. The Hall–Kier alpha value is -2.87.